The third-order valence-electron chi connectivity index (χ3n) is 3.34. The number of carbonyl (C=O) groups excluding carboxylic acids is 3. The summed E-state index contributed by atoms with van der Waals surface area (Å²) in [7, 11) is 1.52. The summed E-state index contributed by atoms with van der Waals surface area (Å²) in [6, 6.07) is 3.48. The Labute approximate surface area is 152 Å². The molecule has 0 heterocycles. The molecule has 1 atom stereocenters. The van der Waals surface area contributed by atoms with E-state index < -0.39 is 12.1 Å². The van der Waals surface area contributed by atoms with Gasteiger partial charge in [0.05, 0.1) is 10.6 Å². The fourth-order valence-electron chi connectivity index (χ4n) is 2.17. The maximum Gasteiger partial charge on any atom is 0.319 e. The first kappa shape index (κ1) is 20.8. The van der Waals surface area contributed by atoms with Gasteiger partial charge in [0.25, 0.3) is 5.91 Å². The van der Waals surface area contributed by atoms with E-state index >= 15 is 0 Å². The Hall–Kier alpha value is -2.28. The van der Waals surface area contributed by atoms with E-state index in [1.54, 1.807) is 6.07 Å². The van der Waals surface area contributed by atoms with Crippen LogP contribution in [0.15, 0.2) is 18.2 Å². The zero-order valence-corrected chi connectivity index (χ0v) is 15.7. The second kappa shape index (κ2) is 9.88. The molecule has 8 heteroatoms. The van der Waals surface area contributed by atoms with E-state index in [-0.39, 0.29) is 22.9 Å². The predicted molar refractivity (Wildman–Crippen MR) is 99.0 cm³/mol. The van der Waals surface area contributed by atoms with E-state index in [2.05, 4.69) is 21.3 Å². The molecule has 0 aliphatic rings. The fourth-order valence-corrected chi connectivity index (χ4v) is 2.44. The first-order valence-corrected chi connectivity index (χ1v) is 8.55. The van der Waals surface area contributed by atoms with E-state index in [9.17, 15) is 14.4 Å². The van der Waals surface area contributed by atoms with Crippen molar-refractivity contribution in [3.63, 3.8) is 0 Å². The van der Waals surface area contributed by atoms with Gasteiger partial charge in [-0.2, -0.15) is 0 Å². The lowest BCUT2D eigenvalue weighted by Gasteiger charge is -2.17. The Morgan fingerprint density at radius 2 is 1.84 bits per heavy atom. The van der Waals surface area contributed by atoms with Crippen LogP contribution in [-0.2, 0) is 4.79 Å². The molecule has 0 unspecified atom stereocenters. The molecule has 7 nitrogen and oxygen atoms in total. The number of rotatable bonds is 7. The topological polar surface area (TPSA) is 99.3 Å². The van der Waals surface area contributed by atoms with Gasteiger partial charge >= 0.3 is 6.03 Å². The first-order chi connectivity index (χ1) is 11.8. The second-order valence-corrected chi connectivity index (χ2v) is 6.28. The zero-order valence-electron chi connectivity index (χ0n) is 14.9. The highest BCUT2D eigenvalue weighted by Gasteiger charge is 2.19. The molecule has 0 aliphatic heterocycles. The summed E-state index contributed by atoms with van der Waals surface area (Å²) in [4.78, 5) is 35.8. The van der Waals surface area contributed by atoms with Crippen molar-refractivity contribution < 1.29 is 14.4 Å². The van der Waals surface area contributed by atoms with Gasteiger partial charge in [-0.15, -0.1) is 0 Å². The van der Waals surface area contributed by atoms with Gasteiger partial charge in [-0.25, -0.2) is 4.79 Å². The Bertz CT molecular complexity index is 634. The summed E-state index contributed by atoms with van der Waals surface area (Å²) in [6.45, 7) is 5.63. The highest BCUT2D eigenvalue weighted by atomic mass is 35.5. The second-order valence-electron chi connectivity index (χ2n) is 5.88. The molecule has 0 aromatic heterocycles. The Morgan fingerprint density at radius 1 is 1.16 bits per heavy atom. The van der Waals surface area contributed by atoms with Crippen LogP contribution in [-0.4, -0.2) is 37.0 Å². The van der Waals surface area contributed by atoms with E-state index in [0.717, 1.165) is 6.42 Å². The molecule has 0 saturated carbocycles. The van der Waals surface area contributed by atoms with E-state index in [1.807, 2.05) is 20.8 Å². The van der Waals surface area contributed by atoms with Gasteiger partial charge in [-0.3, -0.25) is 9.59 Å². The Kier molecular flexibility index (Phi) is 8.21. The van der Waals surface area contributed by atoms with Gasteiger partial charge in [0.2, 0.25) is 5.91 Å². The fraction of sp³-hybridized carbons (Fsp3) is 0.471. The zero-order chi connectivity index (χ0) is 19.0. The molecule has 0 saturated heterocycles. The highest BCUT2D eigenvalue weighted by Crippen LogP contribution is 2.21. The number of anilines is 1. The first-order valence-electron chi connectivity index (χ1n) is 8.18. The van der Waals surface area contributed by atoms with Crippen LogP contribution in [0.2, 0.25) is 5.02 Å². The number of likely N-dealkylation sites (N-methyl/N-ethyl adjacent to an activating group) is 1. The van der Waals surface area contributed by atoms with E-state index in [0.29, 0.717) is 17.7 Å². The number of halogens is 1. The number of carbonyl (C=O) groups is 3. The van der Waals surface area contributed by atoms with Crippen LogP contribution in [0.1, 0.15) is 44.0 Å². The van der Waals surface area contributed by atoms with Crippen LogP contribution in [0.4, 0.5) is 10.5 Å². The lowest BCUT2D eigenvalue weighted by molar-refractivity contribution is -0.122. The average Bonchev–Trinajstić information content (AvgIpc) is 2.52. The van der Waals surface area contributed by atoms with Gasteiger partial charge < -0.3 is 21.3 Å². The summed E-state index contributed by atoms with van der Waals surface area (Å²) >= 11 is 6.12. The van der Waals surface area contributed by atoms with Crippen molar-refractivity contribution in [3.8, 4) is 0 Å². The van der Waals surface area contributed by atoms with Gasteiger partial charge in [0.15, 0.2) is 0 Å². The van der Waals surface area contributed by atoms with Crippen LogP contribution >= 0.6 is 11.6 Å². The molecular weight excluding hydrogens is 344 g/mol. The molecule has 138 valence electrons. The number of hydrogen-bond acceptors (Lipinski definition) is 3. The maximum atomic E-state index is 12.1. The minimum atomic E-state index is -0.610. The number of hydrogen-bond donors (Lipinski definition) is 4. The molecule has 1 aromatic rings. The van der Waals surface area contributed by atoms with Crippen molar-refractivity contribution in [2.45, 2.75) is 45.7 Å². The number of benzene rings is 1. The molecule has 1 rings (SSSR count). The molecule has 4 N–H and O–H groups in total. The van der Waals surface area contributed by atoms with Crippen LogP contribution in [0.25, 0.3) is 0 Å². The molecular formula is C17H25ClN4O3. The molecule has 0 radical (unpaired) electrons. The molecule has 0 spiro atoms. The predicted octanol–water partition coefficient (Wildman–Crippen LogP) is 2.51. The van der Waals surface area contributed by atoms with Crippen molar-refractivity contribution in [2.24, 2.45) is 0 Å². The van der Waals surface area contributed by atoms with Crippen molar-refractivity contribution in [1.82, 2.24) is 16.0 Å². The summed E-state index contributed by atoms with van der Waals surface area (Å²) in [5.41, 5.74) is 0.756. The third kappa shape index (κ3) is 6.62. The van der Waals surface area contributed by atoms with Crippen LogP contribution in [0.5, 0.6) is 0 Å². The van der Waals surface area contributed by atoms with Gasteiger partial charge in [-0.1, -0.05) is 24.9 Å². The summed E-state index contributed by atoms with van der Waals surface area (Å²) < 4.78 is 0. The SMILES string of the molecule is CCC[C@@H](NC(=O)Nc1ccc(C(=O)NC(C)C)c(Cl)c1)C(=O)NC. The molecule has 25 heavy (non-hydrogen) atoms. The lowest BCUT2D eigenvalue weighted by atomic mass is 10.1. The minimum absolute atomic E-state index is 0.00708. The number of urea groups is 1. The van der Waals surface area contributed by atoms with E-state index in [4.69, 9.17) is 11.6 Å². The third-order valence-corrected chi connectivity index (χ3v) is 3.65. The van der Waals surface area contributed by atoms with Crippen LogP contribution in [0, 0.1) is 0 Å². The molecule has 0 aliphatic carbocycles. The number of nitrogens with one attached hydrogen (secondary N) is 4. The van der Waals surface area contributed by atoms with Crippen LogP contribution < -0.4 is 21.3 Å². The highest BCUT2D eigenvalue weighted by molar-refractivity contribution is 6.34. The molecule has 0 bridgehead atoms. The standard InChI is InChI=1S/C17H25ClN4O3/c1-5-6-14(16(24)19-4)22-17(25)21-11-7-8-12(13(18)9-11)15(23)20-10(2)3/h7-10,14H,5-6H2,1-4H3,(H,19,24)(H,20,23)(H2,21,22,25)/t14-/m1/s1. The molecule has 1 aromatic carbocycles. The largest absolute Gasteiger partial charge is 0.357 e. The molecule has 4 amide bonds. The lowest BCUT2D eigenvalue weighted by Crippen LogP contribution is -2.47. The normalized spacial score (nSPS) is 11.6. The minimum Gasteiger partial charge on any atom is -0.357 e. The Balaban J connectivity index is 2.76. The van der Waals surface area contributed by atoms with Gasteiger partial charge in [0.1, 0.15) is 6.04 Å². The Morgan fingerprint density at radius 3 is 2.36 bits per heavy atom. The van der Waals surface area contributed by atoms with E-state index in [1.165, 1.54) is 19.2 Å². The number of amides is 4. The monoisotopic (exact) mass is 368 g/mol. The summed E-state index contributed by atoms with van der Waals surface area (Å²) in [5, 5.41) is 10.7. The van der Waals surface area contributed by atoms with Crippen molar-refractivity contribution in [1.29, 1.82) is 0 Å². The molecule has 0 fully saturated rings. The summed E-state index contributed by atoms with van der Waals surface area (Å²) in [6.07, 6.45) is 1.28. The summed E-state index contributed by atoms with van der Waals surface area (Å²) in [5.74, 6) is -0.533. The van der Waals surface area contributed by atoms with Crippen molar-refractivity contribution in [2.75, 3.05) is 12.4 Å². The van der Waals surface area contributed by atoms with Gasteiger partial charge in [-0.05, 0) is 38.5 Å². The van der Waals surface area contributed by atoms with Crippen molar-refractivity contribution >= 4 is 35.1 Å². The smallest absolute Gasteiger partial charge is 0.319 e. The van der Waals surface area contributed by atoms with Crippen molar-refractivity contribution in [3.05, 3.63) is 28.8 Å². The average molecular weight is 369 g/mol. The van der Waals surface area contributed by atoms with Gasteiger partial charge in [0, 0.05) is 18.8 Å². The quantitative estimate of drug-likeness (QED) is 0.595. The maximum absolute atomic E-state index is 12.1. The van der Waals surface area contributed by atoms with Crippen LogP contribution in [0.3, 0.4) is 0 Å².